The zero-order valence-electron chi connectivity index (χ0n) is 14.2. The summed E-state index contributed by atoms with van der Waals surface area (Å²) in [5.41, 5.74) is 16.4. The van der Waals surface area contributed by atoms with Gasteiger partial charge in [-0.05, 0) is 49.6 Å². The first-order valence-corrected chi connectivity index (χ1v) is 7.96. The number of ether oxygens (including phenoxy) is 2. The number of benzene rings is 2. The van der Waals surface area contributed by atoms with Gasteiger partial charge < -0.3 is 20.9 Å². The highest BCUT2D eigenvalue weighted by atomic mass is 16.5. The molecular formula is C19H22N2O3. The molecule has 1 aliphatic rings. The molecule has 5 heteroatoms. The first kappa shape index (κ1) is 16.2. The maximum atomic E-state index is 12.6. The number of carbonyl (C=O) groups excluding carboxylic acids is 1. The number of hydrogen-bond acceptors (Lipinski definition) is 5. The molecule has 4 N–H and O–H groups in total. The molecule has 24 heavy (non-hydrogen) atoms. The van der Waals surface area contributed by atoms with E-state index >= 15 is 0 Å². The van der Waals surface area contributed by atoms with Crippen LogP contribution in [-0.2, 0) is 0 Å². The molecule has 3 rings (SSSR count). The summed E-state index contributed by atoms with van der Waals surface area (Å²) in [6.45, 7) is 6.03. The van der Waals surface area contributed by atoms with Crippen LogP contribution < -0.4 is 20.9 Å². The molecule has 0 saturated carbocycles. The zero-order valence-corrected chi connectivity index (χ0v) is 14.2. The van der Waals surface area contributed by atoms with Crippen LogP contribution in [0.5, 0.6) is 11.5 Å². The number of carbonyl (C=O) groups is 1. The van der Waals surface area contributed by atoms with Crippen molar-refractivity contribution >= 4 is 17.2 Å². The second kappa shape index (κ2) is 6.07. The number of Topliss-reactive ketones (excluding diaryl/α,β-unsaturated/α-hetero) is 1. The summed E-state index contributed by atoms with van der Waals surface area (Å²) < 4.78 is 11.8. The quantitative estimate of drug-likeness (QED) is 0.846. The summed E-state index contributed by atoms with van der Waals surface area (Å²) in [6, 6.07) is 7.20. The van der Waals surface area contributed by atoms with Gasteiger partial charge in [-0.3, -0.25) is 4.79 Å². The van der Waals surface area contributed by atoms with Gasteiger partial charge in [-0.2, -0.15) is 0 Å². The van der Waals surface area contributed by atoms with Crippen molar-refractivity contribution in [1.82, 2.24) is 0 Å². The van der Waals surface area contributed by atoms with Crippen molar-refractivity contribution in [1.29, 1.82) is 0 Å². The van der Waals surface area contributed by atoms with Crippen molar-refractivity contribution in [2.24, 2.45) is 0 Å². The first-order chi connectivity index (χ1) is 11.4. The van der Waals surface area contributed by atoms with E-state index in [1.165, 1.54) is 0 Å². The lowest BCUT2D eigenvalue weighted by atomic mass is 9.90. The maximum Gasteiger partial charge on any atom is 0.170 e. The van der Waals surface area contributed by atoms with Crippen LogP contribution in [0.1, 0.15) is 33.5 Å². The van der Waals surface area contributed by atoms with E-state index < -0.39 is 0 Å². The van der Waals surface area contributed by atoms with Gasteiger partial charge in [0.2, 0.25) is 0 Å². The van der Waals surface area contributed by atoms with Crippen molar-refractivity contribution in [2.75, 3.05) is 18.1 Å². The number of hydrogen-bond donors (Lipinski definition) is 2. The van der Waals surface area contributed by atoms with Crippen molar-refractivity contribution in [2.45, 2.75) is 33.3 Å². The van der Waals surface area contributed by atoms with E-state index in [4.69, 9.17) is 20.9 Å². The lowest BCUT2D eigenvalue weighted by Crippen LogP contribution is -2.33. The predicted octanol–water partition coefficient (Wildman–Crippen LogP) is 3.19. The van der Waals surface area contributed by atoms with E-state index in [0.717, 1.165) is 16.7 Å². The van der Waals surface area contributed by atoms with Gasteiger partial charge in [0.1, 0.15) is 24.2 Å². The highest BCUT2D eigenvalue weighted by Crippen LogP contribution is 2.39. The molecule has 1 heterocycles. The normalized spacial score (nSPS) is 16.5. The molecule has 2 aromatic rings. The molecule has 1 aliphatic heterocycles. The fourth-order valence-electron chi connectivity index (χ4n) is 3.03. The second-order valence-corrected chi connectivity index (χ2v) is 6.24. The van der Waals surface area contributed by atoms with Crippen LogP contribution in [-0.4, -0.2) is 18.5 Å². The molecule has 0 bridgehead atoms. The molecule has 0 aromatic heterocycles. The molecular weight excluding hydrogens is 304 g/mol. The Morgan fingerprint density at radius 3 is 2.62 bits per heavy atom. The number of fused-ring (bicyclic) bond motifs is 1. The van der Waals surface area contributed by atoms with Crippen LogP contribution in [0.25, 0.3) is 0 Å². The largest absolute Gasteiger partial charge is 0.490 e. The third-order valence-corrected chi connectivity index (χ3v) is 4.58. The number of anilines is 2. The van der Waals surface area contributed by atoms with Gasteiger partial charge in [0.25, 0.3) is 0 Å². The van der Waals surface area contributed by atoms with E-state index in [1.807, 2.05) is 32.9 Å². The lowest BCUT2D eigenvalue weighted by molar-refractivity contribution is 0.0739. The van der Waals surface area contributed by atoms with Gasteiger partial charge in [0.15, 0.2) is 5.78 Å². The van der Waals surface area contributed by atoms with Crippen LogP contribution in [0.15, 0.2) is 24.3 Å². The number of nitrogens with two attached hydrogens (primary N) is 2. The Hall–Kier alpha value is -2.69. The zero-order chi connectivity index (χ0) is 17.4. The average molecular weight is 326 g/mol. The van der Waals surface area contributed by atoms with E-state index in [9.17, 15) is 4.79 Å². The molecule has 0 saturated heterocycles. The SMILES string of the molecule is Cc1c(C)c2c(c(C)c1N)C(=O)CC(COc1cccc(N)c1)O2. The van der Waals surface area contributed by atoms with Crippen LogP contribution >= 0.6 is 0 Å². The lowest BCUT2D eigenvalue weighted by Gasteiger charge is -2.29. The van der Waals surface area contributed by atoms with Crippen LogP contribution in [0.4, 0.5) is 11.4 Å². The minimum atomic E-state index is -0.326. The average Bonchev–Trinajstić information content (AvgIpc) is 2.56. The fraction of sp³-hybridized carbons (Fsp3) is 0.316. The third-order valence-electron chi connectivity index (χ3n) is 4.58. The van der Waals surface area contributed by atoms with Gasteiger partial charge in [-0.1, -0.05) is 6.07 Å². The highest BCUT2D eigenvalue weighted by molar-refractivity contribution is 6.03. The summed E-state index contributed by atoms with van der Waals surface area (Å²) in [6.07, 6.45) is -0.0504. The Morgan fingerprint density at radius 1 is 1.17 bits per heavy atom. The van der Waals surface area contributed by atoms with Gasteiger partial charge in [-0.25, -0.2) is 0 Å². The van der Waals surface area contributed by atoms with Gasteiger partial charge in [-0.15, -0.1) is 0 Å². The van der Waals surface area contributed by atoms with E-state index in [0.29, 0.717) is 28.4 Å². The Balaban J connectivity index is 1.83. The molecule has 1 unspecified atom stereocenters. The van der Waals surface area contributed by atoms with Crippen LogP contribution in [0.3, 0.4) is 0 Å². The van der Waals surface area contributed by atoms with Crippen molar-refractivity contribution in [3.05, 3.63) is 46.5 Å². The van der Waals surface area contributed by atoms with E-state index in [1.54, 1.807) is 12.1 Å². The Bertz CT molecular complexity index is 815. The van der Waals surface area contributed by atoms with Gasteiger partial charge in [0, 0.05) is 17.4 Å². The van der Waals surface area contributed by atoms with E-state index in [2.05, 4.69) is 0 Å². The topological polar surface area (TPSA) is 87.6 Å². The summed E-state index contributed by atoms with van der Waals surface area (Å²) in [4.78, 5) is 12.6. The maximum absolute atomic E-state index is 12.6. The Kier molecular flexibility index (Phi) is 4.09. The van der Waals surface area contributed by atoms with E-state index in [-0.39, 0.29) is 24.9 Å². The predicted molar refractivity (Wildman–Crippen MR) is 94.8 cm³/mol. The van der Waals surface area contributed by atoms with Crippen LogP contribution in [0.2, 0.25) is 0 Å². The van der Waals surface area contributed by atoms with Crippen molar-refractivity contribution in [3.63, 3.8) is 0 Å². The molecule has 0 fully saturated rings. The molecule has 2 aromatic carbocycles. The molecule has 126 valence electrons. The third kappa shape index (κ3) is 2.77. The summed E-state index contributed by atoms with van der Waals surface area (Å²) >= 11 is 0. The molecule has 0 spiro atoms. The molecule has 1 atom stereocenters. The molecule has 0 radical (unpaired) electrons. The summed E-state index contributed by atoms with van der Waals surface area (Å²) in [5, 5.41) is 0. The summed E-state index contributed by atoms with van der Waals surface area (Å²) in [5.74, 6) is 1.35. The van der Waals surface area contributed by atoms with Crippen LogP contribution in [0, 0.1) is 20.8 Å². The molecule has 0 aliphatic carbocycles. The van der Waals surface area contributed by atoms with Crippen molar-refractivity contribution < 1.29 is 14.3 Å². The first-order valence-electron chi connectivity index (χ1n) is 7.96. The second-order valence-electron chi connectivity index (χ2n) is 6.24. The summed E-state index contributed by atoms with van der Waals surface area (Å²) in [7, 11) is 0. The number of nitrogen functional groups attached to an aromatic ring is 2. The Morgan fingerprint density at radius 2 is 1.92 bits per heavy atom. The van der Waals surface area contributed by atoms with Gasteiger partial charge in [0.05, 0.1) is 12.0 Å². The standard InChI is InChI=1S/C19H22N2O3/c1-10-11(2)19-17(12(3)18(10)21)16(22)8-15(24-19)9-23-14-6-4-5-13(20)7-14/h4-7,15H,8-9,20-21H2,1-3H3. The smallest absolute Gasteiger partial charge is 0.170 e. The van der Waals surface area contributed by atoms with Gasteiger partial charge >= 0.3 is 0 Å². The molecule has 0 amide bonds. The number of ketones is 1. The molecule has 5 nitrogen and oxygen atoms in total. The monoisotopic (exact) mass is 326 g/mol. The highest BCUT2D eigenvalue weighted by Gasteiger charge is 2.31. The van der Waals surface area contributed by atoms with Crippen molar-refractivity contribution in [3.8, 4) is 11.5 Å². The minimum Gasteiger partial charge on any atom is -0.490 e. The minimum absolute atomic E-state index is 0.0460. The Labute approximate surface area is 141 Å². The number of rotatable bonds is 3. The fourth-order valence-corrected chi connectivity index (χ4v) is 3.03.